The van der Waals surface area contributed by atoms with Crippen molar-refractivity contribution < 1.29 is 9.53 Å². The zero-order valence-corrected chi connectivity index (χ0v) is 9.01. The Kier molecular flexibility index (Phi) is 4.50. The third kappa shape index (κ3) is 3.81. The summed E-state index contributed by atoms with van der Waals surface area (Å²) in [5, 5.41) is 3.34. The van der Waals surface area contributed by atoms with Gasteiger partial charge in [-0.05, 0) is 19.8 Å². The molecule has 0 atom stereocenters. The summed E-state index contributed by atoms with van der Waals surface area (Å²) in [7, 11) is 1.40. The molecule has 80 valence electrons. The van der Waals surface area contributed by atoms with Gasteiger partial charge in [0.15, 0.2) is 0 Å². The van der Waals surface area contributed by atoms with Gasteiger partial charge in [-0.15, -0.1) is 0 Å². The number of esters is 1. The minimum Gasteiger partial charge on any atom is -0.466 e. The van der Waals surface area contributed by atoms with E-state index in [1.54, 1.807) is 0 Å². The van der Waals surface area contributed by atoms with Gasteiger partial charge in [-0.1, -0.05) is 19.3 Å². The predicted molar refractivity (Wildman–Crippen MR) is 55.8 cm³/mol. The molecule has 1 rings (SSSR count). The number of hydrogen-bond donors (Lipinski definition) is 1. The minimum atomic E-state index is -0.286. The number of ether oxygens (including phenoxy) is 1. The highest BCUT2D eigenvalue weighted by Crippen LogP contribution is 2.18. The average molecular weight is 197 g/mol. The summed E-state index contributed by atoms with van der Waals surface area (Å²) in [6.45, 7) is 1.91. The van der Waals surface area contributed by atoms with Gasteiger partial charge >= 0.3 is 5.97 Å². The molecule has 1 aliphatic carbocycles. The highest BCUT2D eigenvalue weighted by Gasteiger charge is 2.12. The Morgan fingerprint density at radius 2 is 2.00 bits per heavy atom. The molecule has 1 fully saturated rings. The molecule has 0 heterocycles. The van der Waals surface area contributed by atoms with Crippen molar-refractivity contribution in [2.45, 2.75) is 45.1 Å². The molecular weight excluding hydrogens is 178 g/mol. The molecule has 0 aliphatic heterocycles. The van der Waals surface area contributed by atoms with Gasteiger partial charge in [0.1, 0.15) is 0 Å². The van der Waals surface area contributed by atoms with Crippen LogP contribution in [0.5, 0.6) is 0 Å². The normalized spacial score (nSPS) is 19.1. The number of rotatable bonds is 3. The fraction of sp³-hybridized carbons (Fsp3) is 0.727. The van der Waals surface area contributed by atoms with Crippen molar-refractivity contribution >= 4 is 5.97 Å². The molecule has 1 aliphatic rings. The van der Waals surface area contributed by atoms with Crippen LogP contribution >= 0.6 is 0 Å². The third-order valence-electron chi connectivity index (χ3n) is 2.57. The van der Waals surface area contributed by atoms with Crippen LogP contribution in [0.2, 0.25) is 0 Å². The van der Waals surface area contributed by atoms with E-state index in [-0.39, 0.29) is 5.97 Å². The largest absolute Gasteiger partial charge is 0.466 e. The van der Waals surface area contributed by atoms with Gasteiger partial charge in [0.05, 0.1) is 7.11 Å². The standard InChI is InChI=1S/C11H19NO2/c1-9(8-11(13)14-2)12-10-6-4-3-5-7-10/h8,10,12H,3-7H2,1-2H3. The first-order valence-corrected chi connectivity index (χ1v) is 5.25. The van der Waals surface area contributed by atoms with Crippen LogP contribution in [0.1, 0.15) is 39.0 Å². The summed E-state index contributed by atoms with van der Waals surface area (Å²) in [5.41, 5.74) is 0.906. The van der Waals surface area contributed by atoms with Crippen LogP contribution in [0.4, 0.5) is 0 Å². The number of carbonyl (C=O) groups is 1. The molecule has 1 saturated carbocycles. The second-order valence-corrected chi connectivity index (χ2v) is 3.83. The summed E-state index contributed by atoms with van der Waals surface area (Å²) in [6, 6.07) is 0.546. The molecule has 0 unspecified atom stereocenters. The van der Waals surface area contributed by atoms with E-state index in [2.05, 4.69) is 10.1 Å². The zero-order valence-electron chi connectivity index (χ0n) is 9.01. The van der Waals surface area contributed by atoms with Crippen molar-refractivity contribution in [1.82, 2.24) is 5.32 Å². The van der Waals surface area contributed by atoms with Gasteiger partial charge in [-0.25, -0.2) is 4.79 Å². The molecule has 3 heteroatoms. The van der Waals surface area contributed by atoms with Crippen molar-refractivity contribution in [1.29, 1.82) is 0 Å². The van der Waals surface area contributed by atoms with Crippen LogP contribution < -0.4 is 5.32 Å². The van der Waals surface area contributed by atoms with Crippen molar-refractivity contribution in [3.05, 3.63) is 11.8 Å². The Balaban J connectivity index is 2.34. The maximum absolute atomic E-state index is 10.9. The van der Waals surface area contributed by atoms with Crippen LogP contribution in [-0.2, 0) is 9.53 Å². The Labute approximate surface area is 85.5 Å². The van der Waals surface area contributed by atoms with Crippen LogP contribution in [0.25, 0.3) is 0 Å². The smallest absolute Gasteiger partial charge is 0.332 e. The average Bonchev–Trinajstić information content (AvgIpc) is 2.19. The fourth-order valence-electron chi connectivity index (χ4n) is 1.85. The lowest BCUT2D eigenvalue weighted by Gasteiger charge is -2.23. The minimum absolute atomic E-state index is 0.286. The molecule has 0 aromatic heterocycles. The lowest BCUT2D eigenvalue weighted by atomic mass is 9.95. The van der Waals surface area contributed by atoms with Crippen molar-refractivity contribution in [2.24, 2.45) is 0 Å². The molecular formula is C11H19NO2. The Morgan fingerprint density at radius 3 is 2.57 bits per heavy atom. The number of methoxy groups -OCH3 is 1. The van der Waals surface area contributed by atoms with E-state index in [1.807, 2.05) is 6.92 Å². The second-order valence-electron chi connectivity index (χ2n) is 3.83. The van der Waals surface area contributed by atoms with E-state index in [1.165, 1.54) is 45.3 Å². The fourth-order valence-corrected chi connectivity index (χ4v) is 1.85. The maximum atomic E-state index is 10.9. The Morgan fingerprint density at radius 1 is 1.36 bits per heavy atom. The second kappa shape index (κ2) is 5.68. The number of carbonyl (C=O) groups excluding carboxylic acids is 1. The summed E-state index contributed by atoms with van der Waals surface area (Å²) in [6.07, 6.45) is 7.87. The molecule has 14 heavy (non-hydrogen) atoms. The van der Waals surface area contributed by atoms with Gasteiger partial charge in [-0.3, -0.25) is 0 Å². The highest BCUT2D eigenvalue weighted by atomic mass is 16.5. The Bertz CT molecular complexity index is 217. The highest BCUT2D eigenvalue weighted by molar-refractivity contribution is 5.82. The van der Waals surface area contributed by atoms with Gasteiger partial charge in [-0.2, -0.15) is 0 Å². The molecule has 0 radical (unpaired) electrons. The molecule has 0 aromatic carbocycles. The lowest BCUT2D eigenvalue weighted by Crippen LogP contribution is -2.29. The molecule has 0 aromatic rings. The first kappa shape index (κ1) is 11.1. The zero-order chi connectivity index (χ0) is 10.4. The summed E-state index contributed by atoms with van der Waals surface area (Å²) in [4.78, 5) is 10.9. The third-order valence-corrected chi connectivity index (χ3v) is 2.57. The molecule has 0 saturated heterocycles. The van der Waals surface area contributed by atoms with E-state index in [9.17, 15) is 4.79 Å². The van der Waals surface area contributed by atoms with Crippen LogP contribution in [0.15, 0.2) is 11.8 Å². The Hall–Kier alpha value is -0.990. The van der Waals surface area contributed by atoms with E-state index in [0.717, 1.165) is 5.70 Å². The summed E-state index contributed by atoms with van der Waals surface area (Å²) >= 11 is 0. The summed E-state index contributed by atoms with van der Waals surface area (Å²) < 4.78 is 4.55. The van der Waals surface area contributed by atoms with Gasteiger partial charge in [0, 0.05) is 17.8 Å². The van der Waals surface area contributed by atoms with Crippen molar-refractivity contribution in [3.8, 4) is 0 Å². The lowest BCUT2D eigenvalue weighted by molar-refractivity contribution is -0.134. The van der Waals surface area contributed by atoms with Crippen molar-refractivity contribution in [2.75, 3.05) is 7.11 Å². The number of nitrogens with one attached hydrogen (secondary N) is 1. The molecule has 0 bridgehead atoms. The van der Waals surface area contributed by atoms with Gasteiger partial charge < -0.3 is 10.1 Å². The number of allylic oxidation sites excluding steroid dienone is 1. The van der Waals surface area contributed by atoms with Crippen LogP contribution in [0, 0.1) is 0 Å². The van der Waals surface area contributed by atoms with Gasteiger partial charge in [0.2, 0.25) is 0 Å². The van der Waals surface area contributed by atoms with E-state index < -0.39 is 0 Å². The van der Waals surface area contributed by atoms with Crippen LogP contribution in [-0.4, -0.2) is 19.1 Å². The molecule has 1 N–H and O–H groups in total. The van der Waals surface area contributed by atoms with Gasteiger partial charge in [0.25, 0.3) is 0 Å². The SMILES string of the molecule is COC(=O)C=C(C)NC1CCCCC1. The number of hydrogen-bond acceptors (Lipinski definition) is 3. The van der Waals surface area contributed by atoms with E-state index in [4.69, 9.17) is 0 Å². The van der Waals surface area contributed by atoms with Crippen LogP contribution in [0.3, 0.4) is 0 Å². The monoisotopic (exact) mass is 197 g/mol. The molecule has 0 spiro atoms. The molecule has 0 amide bonds. The van der Waals surface area contributed by atoms with E-state index >= 15 is 0 Å². The summed E-state index contributed by atoms with van der Waals surface area (Å²) in [5.74, 6) is -0.286. The van der Waals surface area contributed by atoms with Crippen molar-refractivity contribution in [3.63, 3.8) is 0 Å². The van der Waals surface area contributed by atoms with E-state index in [0.29, 0.717) is 6.04 Å². The predicted octanol–water partition coefficient (Wildman–Crippen LogP) is 1.99. The quantitative estimate of drug-likeness (QED) is 0.555. The maximum Gasteiger partial charge on any atom is 0.332 e. The topological polar surface area (TPSA) is 38.3 Å². The molecule has 3 nitrogen and oxygen atoms in total. The first-order chi connectivity index (χ1) is 6.72. The first-order valence-electron chi connectivity index (χ1n) is 5.25.